The molecule has 2 N–H and O–H groups in total. The second-order valence-corrected chi connectivity index (χ2v) is 11.9. The van der Waals surface area contributed by atoms with Gasteiger partial charge in [0.2, 0.25) is 0 Å². The predicted octanol–water partition coefficient (Wildman–Crippen LogP) is 6.56. The first-order valence-electron chi connectivity index (χ1n) is 16.0. The summed E-state index contributed by atoms with van der Waals surface area (Å²) in [5.41, 5.74) is 16.7. The molecule has 4 aromatic carbocycles. The van der Waals surface area contributed by atoms with Gasteiger partial charge in [-0.3, -0.25) is 14.6 Å². The van der Waals surface area contributed by atoms with E-state index in [1.807, 2.05) is 54.6 Å². The third-order valence-corrected chi connectivity index (χ3v) is 8.35. The van der Waals surface area contributed by atoms with E-state index in [1.54, 1.807) is 6.07 Å². The number of hydrogen-bond acceptors (Lipinski definition) is 6. The van der Waals surface area contributed by atoms with Crippen molar-refractivity contribution < 1.29 is 14.8 Å². The lowest BCUT2D eigenvalue weighted by atomic mass is 9.77. The maximum absolute atomic E-state index is 11.1. The average Bonchev–Trinajstić information content (AvgIpc) is 3.07. The number of rotatable bonds is 19. The molecule has 0 radical (unpaired) electrons. The van der Waals surface area contributed by atoms with Gasteiger partial charge in [0.25, 0.3) is 0 Å². The summed E-state index contributed by atoms with van der Waals surface area (Å²) in [6.07, 6.45) is 5.21. The number of hydrogen-bond donors (Lipinski definition) is 2. The Morgan fingerprint density at radius 3 is 1.78 bits per heavy atom. The van der Waals surface area contributed by atoms with Gasteiger partial charge in [-0.15, -0.1) is 0 Å². The number of nitrogens with zero attached hydrogens (tertiary/aromatic N) is 5. The summed E-state index contributed by atoms with van der Waals surface area (Å²) < 4.78 is 0. The second-order valence-electron chi connectivity index (χ2n) is 11.9. The summed E-state index contributed by atoms with van der Waals surface area (Å²) in [5.74, 6) is 0. The molecule has 0 saturated carbocycles. The summed E-state index contributed by atoms with van der Waals surface area (Å²) in [4.78, 5) is 18.8. The third kappa shape index (κ3) is 11.3. The van der Waals surface area contributed by atoms with Crippen LogP contribution in [0.4, 0.5) is 0 Å². The van der Waals surface area contributed by atoms with Crippen LogP contribution in [0, 0.1) is 6.92 Å². The van der Waals surface area contributed by atoms with Crippen LogP contribution in [0.5, 0.6) is 0 Å². The number of carbonyl (C=O) groups excluding carboxylic acids is 1. The van der Waals surface area contributed by atoms with E-state index in [2.05, 4.69) is 63.1 Å². The monoisotopic (exact) mass is 617 g/mol. The topological polar surface area (TPSA) is 113 Å². The fourth-order valence-corrected chi connectivity index (χ4v) is 5.73. The Kier molecular flexibility index (Phi) is 14.1. The van der Waals surface area contributed by atoms with Crippen LogP contribution >= 0.6 is 0 Å². The summed E-state index contributed by atoms with van der Waals surface area (Å²) in [6, 6.07) is 32.0. The van der Waals surface area contributed by atoms with Crippen LogP contribution in [0.25, 0.3) is 10.4 Å². The fraction of sp³-hybridized carbons (Fsp3) is 0.324. The van der Waals surface area contributed by atoms with Crippen LogP contribution in [0.15, 0.2) is 102 Å². The Morgan fingerprint density at radius 2 is 1.22 bits per heavy atom. The highest BCUT2D eigenvalue weighted by Crippen LogP contribution is 2.17. The zero-order valence-corrected chi connectivity index (χ0v) is 26.7. The fourth-order valence-electron chi connectivity index (χ4n) is 5.73. The first-order valence-corrected chi connectivity index (χ1v) is 16.0. The van der Waals surface area contributed by atoms with Gasteiger partial charge < -0.3 is 10.0 Å². The molecule has 4 aromatic rings. The Bertz CT molecular complexity index is 1560. The Morgan fingerprint density at radius 1 is 0.696 bits per heavy atom. The van der Waals surface area contributed by atoms with Crippen LogP contribution in [0.1, 0.15) is 69.4 Å². The second kappa shape index (κ2) is 18.7. The molecule has 0 aliphatic carbocycles. The highest BCUT2D eigenvalue weighted by molar-refractivity contribution is 6.59. The van der Waals surface area contributed by atoms with Crippen LogP contribution in [-0.2, 0) is 32.7 Å². The van der Waals surface area contributed by atoms with E-state index < -0.39 is 7.12 Å². The van der Waals surface area contributed by atoms with E-state index in [-0.39, 0.29) is 0 Å². The molecule has 0 aliphatic heterocycles. The summed E-state index contributed by atoms with van der Waals surface area (Å²) >= 11 is 0. The molecule has 0 heterocycles. The molecule has 4 rings (SSSR count). The normalized spacial score (nSPS) is 11.1. The van der Waals surface area contributed by atoms with Crippen molar-refractivity contribution in [2.45, 2.75) is 65.3 Å². The van der Waals surface area contributed by atoms with Gasteiger partial charge in [-0.1, -0.05) is 115 Å². The van der Waals surface area contributed by atoms with Crippen molar-refractivity contribution in [1.29, 1.82) is 0 Å². The van der Waals surface area contributed by atoms with E-state index in [9.17, 15) is 14.8 Å². The highest BCUT2D eigenvalue weighted by atomic mass is 16.4. The van der Waals surface area contributed by atoms with E-state index in [0.717, 1.165) is 81.4 Å². The maximum atomic E-state index is 11.1. The van der Waals surface area contributed by atoms with Crippen LogP contribution in [0.2, 0.25) is 0 Å². The third-order valence-electron chi connectivity index (χ3n) is 8.35. The SMILES string of the molecule is Cc1ccccc1CN(CCCCCCN(Cc1ccc(CN=[N+]=[N-])cc1)Cc1ccccc1B(O)O)Cc1ccc(C=O)cc1. The highest BCUT2D eigenvalue weighted by Gasteiger charge is 2.17. The van der Waals surface area contributed by atoms with Gasteiger partial charge in [-0.25, -0.2) is 0 Å². The molecule has 0 bridgehead atoms. The minimum Gasteiger partial charge on any atom is -0.423 e. The lowest BCUT2D eigenvalue weighted by Crippen LogP contribution is -2.36. The standard InChI is InChI=1S/C37H44BN5O3/c1-30-10-4-5-11-35(30)27-42(25-33-18-20-34(29-44)21-19-33)22-8-2-3-9-23-43(28-36-12-6-7-13-37(36)38(45)46)26-32-16-14-31(15-17-32)24-40-41-39/h4-7,10-21,29,45-46H,2-3,8-9,22-28H2,1H3. The first-order chi connectivity index (χ1) is 22.4. The van der Waals surface area contributed by atoms with Gasteiger partial charge in [0.15, 0.2) is 0 Å². The number of azide groups is 1. The number of benzene rings is 4. The molecule has 0 amide bonds. The van der Waals surface area contributed by atoms with Crippen LogP contribution in [0.3, 0.4) is 0 Å². The maximum Gasteiger partial charge on any atom is 0.488 e. The number of aldehydes is 1. The Balaban J connectivity index is 1.34. The van der Waals surface area contributed by atoms with E-state index in [1.165, 1.54) is 16.7 Å². The van der Waals surface area contributed by atoms with E-state index in [4.69, 9.17) is 5.53 Å². The number of aryl methyl sites for hydroxylation is 1. The van der Waals surface area contributed by atoms with Gasteiger partial charge in [0.1, 0.15) is 6.29 Å². The minimum atomic E-state index is -1.51. The summed E-state index contributed by atoms with van der Waals surface area (Å²) in [6.45, 7) is 7.41. The zero-order valence-electron chi connectivity index (χ0n) is 26.7. The molecule has 46 heavy (non-hydrogen) atoms. The van der Waals surface area contributed by atoms with Crippen molar-refractivity contribution in [3.05, 3.63) is 146 Å². The molecular formula is C37H44BN5O3. The van der Waals surface area contributed by atoms with Crippen molar-refractivity contribution in [1.82, 2.24) is 9.80 Å². The van der Waals surface area contributed by atoms with Gasteiger partial charge >= 0.3 is 7.12 Å². The van der Waals surface area contributed by atoms with Crippen molar-refractivity contribution in [2.75, 3.05) is 13.1 Å². The van der Waals surface area contributed by atoms with Gasteiger partial charge in [0.05, 0.1) is 6.54 Å². The molecule has 0 fully saturated rings. The molecule has 9 heteroatoms. The molecule has 0 aliphatic rings. The van der Waals surface area contributed by atoms with Crippen LogP contribution in [-0.4, -0.2) is 46.3 Å². The molecule has 0 aromatic heterocycles. The smallest absolute Gasteiger partial charge is 0.423 e. The molecule has 0 unspecified atom stereocenters. The van der Waals surface area contributed by atoms with Crippen LogP contribution < -0.4 is 5.46 Å². The molecule has 238 valence electrons. The van der Waals surface area contributed by atoms with Crippen molar-refractivity contribution in [3.63, 3.8) is 0 Å². The first kappa shape index (κ1) is 34.6. The average molecular weight is 618 g/mol. The minimum absolute atomic E-state index is 0.330. The van der Waals surface area contributed by atoms with Gasteiger partial charge in [-0.05, 0) is 77.2 Å². The van der Waals surface area contributed by atoms with Crippen molar-refractivity contribution in [3.8, 4) is 0 Å². The quantitative estimate of drug-likeness (QED) is 0.0309. The Hall–Kier alpha value is -4.24. The van der Waals surface area contributed by atoms with E-state index >= 15 is 0 Å². The lowest BCUT2D eigenvalue weighted by molar-refractivity contribution is 0.112. The Labute approximate surface area is 273 Å². The van der Waals surface area contributed by atoms with Crippen molar-refractivity contribution >= 4 is 18.9 Å². The summed E-state index contributed by atoms with van der Waals surface area (Å²) in [7, 11) is -1.51. The van der Waals surface area contributed by atoms with E-state index in [0.29, 0.717) is 24.1 Å². The molecule has 8 nitrogen and oxygen atoms in total. The van der Waals surface area contributed by atoms with Gasteiger partial charge in [0, 0.05) is 36.7 Å². The zero-order chi connectivity index (χ0) is 32.6. The number of unbranched alkanes of at least 4 members (excludes halogenated alkanes) is 3. The number of carbonyl (C=O) groups is 1. The van der Waals surface area contributed by atoms with Gasteiger partial charge in [-0.2, -0.15) is 0 Å². The lowest BCUT2D eigenvalue weighted by Gasteiger charge is -2.25. The predicted molar refractivity (Wildman–Crippen MR) is 185 cm³/mol. The molecular weight excluding hydrogens is 573 g/mol. The summed E-state index contributed by atoms with van der Waals surface area (Å²) in [5, 5.41) is 23.5. The molecule has 0 saturated heterocycles. The molecule has 0 spiro atoms. The van der Waals surface area contributed by atoms with Crippen molar-refractivity contribution in [2.24, 2.45) is 5.11 Å². The largest absolute Gasteiger partial charge is 0.488 e. The molecule has 0 atom stereocenters.